The Balaban J connectivity index is 1.96. The number of halogens is 2. The average Bonchev–Trinajstić information content (AvgIpc) is 2.60. The Morgan fingerprint density at radius 1 is 0.783 bits per heavy atom. The summed E-state index contributed by atoms with van der Waals surface area (Å²) in [7, 11) is 0. The minimum absolute atomic E-state index is 0.917. The summed E-state index contributed by atoms with van der Waals surface area (Å²) < 4.78 is 1.96. The fourth-order valence-corrected chi connectivity index (χ4v) is 3.59. The van der Waals surface area contributed by atoms with Crippen LogP contribution < -0.4 is 1.33 Å². The number of hydrogen-bond donors (Lipinski definition) is 0. The van der Waals surface area contributed by atoms with Gasteiger partial charge in [0, 0.05) is 5.39 Å². The van der Waals surface area contributed by atoms with Gasteiger partial charge in [0.05, 0.1) is 51.2 Å². The van der Waals surface area contributed by atoms with Gasteiger partial charge in [0.2, 0.25) is 0 Å². The van der Waals surface area contributed by atoms with Crippen LogP contribution in [0.4, 0.5) is 5.82 Å². The second kappa shape index (κ2) is 6.20. The highest BCUT2D eigenvalue weighted by molar-refractivity contribution is 14.2. The van der Waals surface area contributed by atoms with E-state index in [0.717, 1.165) is 16.7 Å². The van der Waals surface area contributed by atoms with Gasteiger partial charge in [-0.05, 0) is 34.0 Å². The number of fused-ring (bicyclic) bond motifs is 2. The fraction of sp³-hybridized carbons (Fsp3) is 0. The van der Waals surface area contributed by atoms with E-state index in [0.29, 0.717) is 0 Å². The molecule has 0 saturated heterocycles. The molecule has 0 aliphatic carbocycles. The van der Waals surface area contributed by atoms with Crippen LogP contribution in [-0.2, 0) is 0 Å². The van der Waals surface area contributed by atoms with Crippen molar-refractivity contribution in [2.75, 3.05) is 1.33 Å². The second-order valence-electron chi connectivity index (χ2n) is 5.19. The van der Waals surface area contributed by atoms with Crippen molar-refractivity contribution >= 4 is 73.2 Å². The van der Waals surface area contributed by atoms with E-state index in [9.17, 15) is 0 Å². The number of hydrogen-bond acceptors (Lipinski definition) is 3. The molecule has 3 nitrogen and oxygen atoms in total. The third kappa shape index (κ3) is 2.76. The van der Waals surface area contributed by atoms with Gasteiger partial charge in [-0.2, -0.15) is 0 Å². The predicted octanol–water partition coefficient (Wildman–Crippen LogP) is 5.96. The molecule has 0 radical (unpaired) electrons. The molecule has 1 aromatic heterocycles. The molecule has 4 rings (SSSR count). The van der Waals surface area contributed by atoms with E-state index in [1.807, 2.05) is 1.33 Å². The molecule has 112 valence electrons. The summed E-state index contributed by atoms with van der Waals surface area (Å²) in [5.41, 5.74) is 3.36. The molecule has 0 unspecified atom stereocenters. The maximum absolute atomic E-state index is 4.45. The molecule has 0 fully saturated rings. The Labute approximate surface area is 161 Å². The van der Waals surface area contributed by atoms with Gasteiger partial charge in [0.25, 0.3) is 0 Å². The van der Waals surface area contributed by atoms with Gasteiger partial charge in [-0.15, -0.1) is 0 Å². The van der Waals surface area contributed by atoms with E-state index in [2.05, 4.69) is 116 Å². The summed E-state index contributed by atoms with van der Waals surface area (Å²) in [6.45, 7) is 0. The van der Waals surface area contributed by atoms with Gasteiger partial charge < -0.3 is 0 Å². The Hall–Kier alpha value is -1.48. The van der Waals surface area contributed by atoms with Crippen molar-refractivity contribution in [2.24, 2.45) is 0 Å². The maximum Gasteiger partial charge on any atom is 0.157 e. The van der Waals surface area contributed by atoms with Crippen LogP contribution in [0.1, 0.15) is 0 Å². The van der Waals surface area contributed by atoms with Gasteiger partial charge in [0.15, 0.2) is 5.82 Å². The quantitative estimate of drug-likeness (QED) is 0.240. The lowest BCUT2D eigenvalue weighted by molar-refractivity contribution is 1.22. The summed E-state index contributed by atoms with van der Waals surface area (Å²) in [5, 5.41) is 3.56. The standard InChI is InChI=1S/C18H11I2N3/c19-23(20)18-16-9-8-13(10-17(16)21-11-22-18)15-7-3-5-12-4-1-2-6-14(12)15/h1-11H. The van der Waals surface area contributed by atoms with Gasteiger partial charge in [-0.1, -0.05) is 48.5 Å². The molecule has 0 spiro atoms. The van der Waals surface area contributed by atoms with Crippen LogP contribution >= 0.6 is 45.7 Å². The van der Waals surface area contributed by atoms with Crippen LogP contribution in [0, 0.1) is 0 Å². The molecular formula is C18H11I2N3. The van der Waals surface area contributed by atoms with E-state index in [4.69, 9.17) is 0 Å². The first-order valence-electron chi connectivity index (χ1n) is 7.08. The summed E-state index contributed by atoms with van der Waals surface area (Å²) >= 11 is 4.44. The minimum atomic E-state index is 0.917. The van der Waals surface area contributed by atoms with E-state index >= 15 is 0 Å². The molecule has 0 amide bonds. The monoisotopic (exact) mass is 523 g/mol. The second-order valence-corrected chi connectivity index (χ2v) is 8.96. The number of rotatable bonds is 2. The van der Waals surface area contributed by atoms with Crippen LogP contribution in [0.15, 0.2) is 67.0 Å². The zero-order valence-corrected chi connectivity index (χ0v) is 16.3. The normalized spacial score (nSPS) is 11.0. The van der Waals surface area contributed by atoms with Crippen LogP contribution in [0.5, 0.6) is 0 Å². The van der Waals surface area contributed by atoms with Crippen molar-refractivity contribution in [1.29, 1.82) is 0 Å². The summed E-state index contributed by atoms with van der Waals surface area (Å²) in [6, 6.07) is 21.3. The molecule has 0 aliphatic heterocycles. The summed E-state index contributed by atoms with van der Waals surface area (Å²) in [4.78, 5) is 8.80. The highest BCUT2D eigenvalue weighted by Gasteiger charge is 2.10. The zero-order valence-electron chi connectivity index (χ0n) is 11.9. The Morgan fingerprint density at radius 2 is 1.61 bits per heavy atom. The average molecular weight is 523 g/mol. The lowest BCUT2D eigenvalue weighted by Gasteiger charge is -2.11. The predicted molar refractivity (Wildman–Crippen MR) is 113 cm³/mol. The first-order chi connectivity index (χ1) is 11.2. The number of anilines is 1. The van der Waals surface area contributed by atoms with Crippen LogP contribution in [0.2, 0.25) is 0 Å². The van der Waals surface area contributed by atoms with Crippen LogP contribution in [0.3, 0.4) is 0 Å². The van der Waals surface area contributed by atoms with Crippen molar-refractivity contribution in [3.05, 3.63) is 67.0 Å². The molecule has 5 heteroatoms. The van der Waals surface area contributed by atoms with Crippen molar-refractivity contribution in [1.82, 2.24) is 9.97 Å². The lowest BCUT2D eigenvalue weighted by Crippen LogP contribution is -1.96. The molecule has 3 aromatic carbocycles. The molecule has 4 aromatic rings. The van der Waals surface area contributed by atoms with E-state index in [1.54, 1.807) is 6.33 Å². The highest BCUT2D eigenvalue weighted by atomic mass is 127. The molecular weight excluding hydrogens is 512 g/mol. The first kappa shape index (κ1) is 15.1. The zero-order chi connectivity index (χ0) is 15.8. The Kier molecular flexibility index (Phi) is 4.06. The Morgan fingerprint density at radius 3 is 2.48 bits per heavy atom. The van der Waals surface area contributed by atoms with E-state index < -0.39 is 0 Å². The number of nitrogens with zero attached hydrogens (tertiary/aromatic N) is 3. The summed E-state index contributed by atoms with van der Waals surface area (Å²) in [6.07, 6.45) is 1.62. The minimum Gasteiger partial charge on any atom is -0.237 e. The largest absolute Gasteiger partial charge is 0.237 e. The molecule has 0 N–H and O–H groups in total. The molecule has 23 heavy (non-hydrogen) atoms. The van der Waals surface area contributed by atoms with Crippen molar-refractivity contribution in [3.63, 3.8) is 0 Å². The van der Waals surface area contributed by atoms with Crippen molar-refractivity contribution in [3.8, 4) is 11.1 Å². The van der Waals surface area contributed by atoms with Crippen molar-refractivity contribution in [2.45, 2.75) is 0 Å². The third-order valence-corrected chi connectivity index (χ3v) is 4.79. The molecule has 0 saturated carbocycles. The fourth-order valence-electron chi connectivity index (χ4n) is 2.82. The number of aromatic nitrogens is 2. The van der Waals surface area contributed by atoms with Gasteiger partial charge in [0.1, 0.15) is 6.33 Å². The molecule has 0 atom stereocenters. The molecule has 1 heterocycles. The van der Waals surface area contributed by atoms with Gasteiger partial charge in [-0.25, -0.2) is 11.3 Å². The lowest BCUT2D eigenvalue weighted by atomic mass is 9.97. The SMILES string of the molecule is IN(I)c1ncnc2cc(-c3cccc4ccccc34)ccc12. The maximum atomic E-state index is 4.45. The summed E-state index contributed by atoms with van der Waals surface area (Å²) in [5.74, 6) is 0.917. The van der Waals surface area contributed by atoms with Gasteiger partial charge in [-0.3, -0.25) is 0 Å². The first-order valence-corrected chi connectivity index (χ1v) is 9.01. The van der Waals surface area contributed by atoms with Crippen LogP contribution in [0.25, 0.3) is 32.8 Å². The van der Waals surface area contributed by atoms with Gasteiger partial charge >= 0.3 is 0 Å². The topological polar surface area (TPSA) is 29.0 Å². The highest BCUT2D eigenvalue weighted by Crippen LogP contribution is 2.33. The number of benzene rings is 3. The third-order valence-electron chi connectivity index (χ3n) is 3.88. The molecule has 0 aliphatic rings. The van der Waals surface area contributed by atoms with E-state index in [-0.39, 0.29) is 0 Å². The van der Waals surface area contributed by atoms with Crippen molar-refractivity contribution < 1.29 is 0 Å². The van der Waals surface area contributed by atoms with E-state index in [1.165, 1.54) is 21.9 Å². The molecule has 0 bridgehead atoms. The smallest absolute Gasteiger partial charge is 0.157 e. The Bertz CT molecular complexity index is 1010. The van der Waals surface area contributed by atoms with Crippen LogP contribution in [-0.4, -0.2) is 9.97 Å².